The van der Waals surface area contributed by atoms with Gasteiger partial charge >= 0.3 is 0 Å². The smallest absolute Gasteiger partial charge is 0.0541 e. The van der Waals surface area contributed by atoms with Gasteiger partial charge in [0.15, 0.2) is 0 Å². The third-order valence-electron chi connectivity index (χ3n) is 13.4. The molecule has 63 heavy (non-hydrogen) atoms. The highest BCUT2D eigenvalue weighted by Gasteiger charge is 2.35. The molecule has 0 saturated carbocycles. The lowest BCUT2D eigenvalue weighted by Gasteiger charge is -2.29. The first-order valence-electron chi connectivity index (χ1n) is 21.9. The van der Waals surface area contributed by atoms with Crippen LogP contribution in [0.25, 0.3) is 82.8 Å². The maximum Gasteiger partial charge on any atom is 0.0541 e. The Balaban J connectivity index is 1.08. The summed E-state index contributed by atoms with van der Waals surface area (Å²) < 4.78 is 2.41. The van der Waals surface area contributed by atoms with Crippen molar-refractivity contribution in [3.63, 3.8) is 0 Å². The molecule has 0 aliphatic heterocycles. The van der Waals surface area contributed by atoms with Crippen LogP contribution in [0.15, 0.2) is 231 Å². The molecule has 1 aliphatic carbocycles. The van der Waals surface area contributed by atoms with E-state index in [1.54, 1.807) is 0 Å². The molecule has 0 atom stereocenters. The average Bonchev–Trinajstić information content (AvgIpc) is 3.80. The van der Waals surface area contributed by atoms with Crippen LogP contribution in [0, 0.1) is 0 Å². The number of nitrogens with zero attached hydrogens (tertiary/aromatic N) is 2. The van der Waals surface area contributed by atoms with E-state index in [2.05, 4.69) is 254 Å². The standard InChI is InChI=1S/C61H44N2/c1-61(2)55-32-10-6-26-49(55)54-39-44(36-37-56(54)61)43-22-14-23-45(38-43)62(46-24-17-25-47(40-46)63-58-34-12-7-27-50(58)51-28-8-13-35-59(51)63)57-33-11-9-29-52(57)53-31-16-21-42-20-15-30-48(60(42)53)41-18-4-3-5-19-41/h3-40H,1-2H3. The average molecular weight is 805 g/mol. The largest absolute Gasteiger partial charge is 0.310 e. The fourth-order valence-corrected chi connectivity index (χ4v) is 10.4. The van der Waals surface area contributed by atoms with Gasteiger partial charge in [-0.15, -0.1) is 0 Å². The van der Waals surface area contributed by atoms with Crippen LogP contribution < -0.4 is 4.90 Å². The highest BCUT2D eigenvalue weighted by molar-refractivity contribution is 6.10. The van der Waals surface area contributed by atoms with E-state index in [9.17, 15) is 0 Å². The van der Waals surface area contributed by atoms with Gasteiger partial charge in [0.05, 0.1) is 16.7 Å². The molecular formula is C61H44N2. The molecule has 1 aromatic heterocycles. The van der Waals surface area contributed by atoms with Gasteiger partial charge in [0, 0.05) is 38.8 Å². The van der Waals surface area contributed by atoms with Gasteiger partial charge in [0.1, 0.15) is 0 Å². The van der Waals surface area contributed by atoms with Crippen molar-refractivity contribution in [2.24, 2.45) is 0 Å². The molecule has 12 rings (SSSR count). The van der Waals surface area contributed by atoms with E-state index in [4.69, 9.17) is 0 Å². The minimum atomic E-state index is -0.0454. The van der Waals surface area contributed by atoms with Crippen LogP contribution in [0.1, 0.15) is 25.0 Å². The number of fused-ring (bicyclic) bond motifs is 7. The van der Waals surface area contributed by atoms with Crippen molar-refractivity contribution in [2.75, 3.05) is 4.90 Å². The summed E-state index contributed by atoms with van der Waals surface area (Å²) in [5.74, 6) is 0. The number of benzene rings is 10. The first kappa shape index (κ1) is 36.9. The van der Waals surface area contributed by atoms with Crippen LogP contribution in [0.4, 0.5) is 17.1 Å². The number of rotatable bonds is 7. The van der Waals surface area contributed by atoms with Gasteiger partial charge in [-0.3, -0.25) is 0 Å². The predicted molar refractivity (Wildman–Crippen MR) is 267 cm³/mol. The first-order valence-corrected chi connectivity index (χ1v) is 21.9. The normalized spacial score (nSPS) is 12.7. The fraction of sp³-hybridized carbons (Fsp3) is 0.0492. The number of para-hydroxylation sites is 3. The van der Waals surface area contributed by atoms with Gasteiger partial charge in [0.25, 0.3) is 0 Å². The molecule has 2 heteroatoms. The second-order valence-electron chi connectivity index (χ2n) is 17.3. The lowest BCUT2D eigenvalue weighted by Crippen LogP contribution is -2.14. The SMILES string of the molecule is CC1(C)c2ccccc2-c2cc(-c3cccc(N(c4cccc(-n5c6ccccc6c6ccccc65)c4)c4ccccc4-c4cccc5cccc(-c6ccccc6)c45)c3)ccc21. The molecule has 2 nitrogen and oxygen atoms in total. The molecule has 0 spiro atoms. The molecule has 298 valence electrons. The van der Waals surface area contributed by atoms with Crippen molar-refractivity contribution in [1.29, 1.82) is 0 Å². The number of anilines is 3. The number of hydrogen-bond donors (Lipinski definition) is 0. The van der Waals surface area contributed by atoms with Gasteiger partial charge in [-0.2, -0.15) is 0 Å². The van der Waals surface area contributed by atoms with Gasteiger partial charge in [-0.05, 0) is 115 Å². The Morgan fingerprint density at radius 3 is 1.70 bits per heavy atom. The van der Waals surface area contributed by atoms with Gasteiger partial charge in [0.2, 0.25) is 0 Å². The van der Waals surface area contributed by atoms with Crippen molar-refractivity contribution in [2.45, 2.75) is 19.3 Å². The Morgan fingerprint density at radius 2 is 0.921 bits per heavy atom. The minimum absolute atomic E-state index is 0.0454. The van der Waals surface area contributed by atoms with E-state index >= 15 is 0 Å². The maximum atomic E-state index is 2.46. The summed E-state index contributed by atoms with van der Waals surface area (Å²) in [5, 5.41) is 4.96. The quantitative estimate of drug-likeness (QED) is 0.156. The molecule has 0 N–H and O–H groups in total. The summed E-state index contributed by atoms with van der Waals surface area (Å²) in [7, 11) is 0. The zero-order valence-electron chi connectivity index (χ0n) is 35.3. The molecule has 0 amide bonds. The molecule has 0 fully saturated rings. The van der Waals surface area contributed by atoms with E-state index in [1.807, 2.05) is 0 Å². The van der Waals surface area contributed by atoms with Crippen molar-refractivity contribution in [3.05, 3.63) is 242 Å². The van der Waals surface area contributed by atoms with Crippen LogP contribution in [0.5, 0.6) is 0 Å². The molecule has 0 bridgehead atoms. The summed E-state index contributed by atoms with van der Waals surface area (Å²) in [6, 6.07) is 84.7. The third-order valence-corrected chi connectivity index (χ3v) is 13.4. The lowest BCUT2D eigenvalue weighted by molar-refractivity contribution is 0.660. The Morgan fingerprint density at radius 1 is 0.365 bits per heavy atom. The van der Waals surface area contributed by atoms with Crippen LogP contribution in [0.2, 0.25) is 0 Å². The Bertz CT molecular complexity index is 3490. The lowest BCUT2D eigenvalue weighted by atomic mass is 9.82. The van der Waals surface area contributed by atoms with Crippen molar-refractivity contribution in [1.82, 2.24) is 4.57 Å². The highest BCUT2D eigenvalue weighted by atomic mass is 15.1. The topological polar surface area (TPSA) is 8.17 Å². The van der Waals surface area contributed by atoms with Gasteiger partial charge in [-0.1, -0.05) is 190 Å². The Hall–Kier alpha value is -7.94. The molecule has 1 heterocycles. The molecule has 10 aromatic carbocycles. The Labute approximate surface area is 368 Å². The highest BCUT2D eigenvalue weighted by Crippen LogP contribution is 2.50. The van der Waals surface area contributed by atoms with Gasteiger partial charge < -0.3 is 9.47 Å². The van der Waals surface area contributed by atoms with Crippen LogP contribution >= 0.6 is 0 Å². The molecule has 0 unspecified atom stereocenters. The van der Waals surface area contributed by atoms with E-state index in [1.165, 1.54) is 82.6 Å². The van der Waals surface area contributed by atoms with Crippen LogP contribution in [0.3, 0.4) is 0 Å². The predicted octanol–water partition coefficient (Wildman–Crippen LogP) is 16.7. The van der Waals surface area contributed by atoms with E-state index < -0.39 is 0 Å². The molecule has 1 aliphatic rings. The summed E-state index contributed by atoms with van der Waals surface area (Å²) >= 11 is 0. The van der Waals surface area contributed by atoms with E-state index in [0.717, 1.165) is 28.3 Å². The molecule has 11 aromatic rings. The second-order valence-corrected chi connectivity index (χ2v) is 17.3. The fourth-order valence-electron chi connectivity index (χ4n) is 10.4. The number of aromatic nitrogens is 1. The maximum absolute atomic E-state index is 2.46. The summed E-state index contributed by atoms with van der Waals surface area (Å²) in [6.07, 6.45) is 0. The third kappa shape index (κ3) is 5.94. The van der Waals surface area contributed by atoms with Crippen molar-refractivity contribution >= 4 is 49.6 Å². The first-order chi connectivity index (χ1) is 31.0. The zero-order chi connectivity index (χ0) is 42.1. The second kappa shape index (κ2) is 14.6. The van der Waals surface area contributed by atoms with E-state index in [0.29, 0.717) is 0 Å². The molecule has 0 radical (unpaired) electrons. The van der Waals surface area contributed by atoms with Crippen LogP contribution in [-0.4, -0.2) is 4.57 Å². The molecular weight excluding hydrogens is 761 g/mol. The monoisotopic (exact) mass is 804 g/mol. The Kier molecular flexibility index (Phi) is 8.55. The zero-order valence-corrected chi connectivity index (χ0v) is 35.3. The summed E-state index contributed by atoms with van der Waals surface area (Å²) in [6.45, 7) is 4.69. The van der Waals surface area contributed by atoms with Crippen molar-refractivity contribution < 1.29 is 0 Å². The van der Waals surface area contributed by atoms with E-state index in [-0.39, 0.29) is 5.41 Å². The van der Waals surface area contributed by atoms with Crippen molar-refractivity contribution in [3.8, 4) is 50.2 Å². The number of hydrogen-bond acceptors (Lipinski definition) is 1. The minimum Gasteiger partial charge on any atom is -0.310 e. The molecule has 0 saturated heterocycles. The summed E-state index contributed by atoms with van der Waals surface area (Å²) in [5.41, 5.74) is 19.3. The van der Waals surface area contributed by atoms with Gasteiger partial charge in [-0.25, -0.2) is 0 Å². The summed E-state index contributed by atoms with van der Waals surface area (Å²) in [4.78, 5) is 2.46. The van der Waals surface area contributed by atoms with Crippen LogP contribution in [-0.2, 0) is 5.41 Å².